The van der Waals surface area contributed by atoms with Crippen LogP contribution in [0.4, 0.5) is 11.4 Å². The lowest BCUT2D eigenvalue weighted by molar-refractivity contribution is -0.384. The second kappa shape index (κ2) is 6.23. The molecule has 0 spiro atoms. The van der Waals surface area contributed by atoms with E-state index in [1.54, 1.807) is 19.9 Å². The average molecular weight is 282 g/mol. The molecule has 0 aliphatic heterocycles. The molecule has 0 bridgehead atoms. The van der Waals surface area contributed by atoms with E-state index in [4.69, 9.17) is 4.74 Å². The number of rotatable bonds is 7. The predicted octanol–water partition coefficient (Wildman–Crippen LogP) is 2.52. The second-order valence-electron chi connectivity index (χ2n) is 4.69. The molecular weight excluding hydrogens is 264 g/mol. The summed E-state index contributed by atoms with van der Waals surface area (Å²) in [5, 5.41) is 23.1. The minimum Gasteiger partial charge on any atom is -0.490 e. The Morgan fingerprint density at radius 3 is 2.65 bits per heavy atom. The summed E-state index contributed by atoms with van der Waals surface area (Å²) in [6.45, 7) is 3.44. The van der Waals surface area contributed by atoms with Gasteiger partial charge < -0.3 is 15.2 Å². The minimum atomic E-state index is -0.989. The number of carboxylic acid groups (broad SMARTS) is 1. The van der Waals surface area contributed by atoms with E-state index < -0.39 is 16.3 Å². The maximum atomic E-state index is 11.2. The molecule has 0 aliphatic rings. The molecular formula is C13H18N2O5. The summed E-state index contributed by atoms with van der Waals surface area (Å²) in [7, 11) is 1.35. The molecule has 0 aliphatic carbocycles. The fraction of sp³-hybridized carbons (Fsp3) is 0.462. The van der Waals surface area contributed by atoms with Crippen molar-refractivity contribution in [1.82, 2.24) is 0 Å². The maximum absolute atomic E-state index is 11.2. The molecule has 1 aromatic rings. The van der Waals surface area contributed by atoms with Crippen molar-refractivity contribution in [3.05, 3.63) is 28.3 Å². The van der Waals surface area contributed by atoms with Crippen LogP contribution in [0, 0.1) is 15.5 Å². The number of ether oxygens (including phenoxy) is 1. The number of benzene rings is 1. The summed E-state index contributed by atoms with van der Waals surface area (Å²) in [5.74, 6) is -0.813. The zero-order chi connectivity index (χ0) is 15.3. The molecule has 110 valence electrons. The van der Waals surface area contributed by atoms with Crippen LogP contribution in [0.2, 0.25) is 0 Å². The lowest BCUT2D eigenvalue weighted by Gasteiger charge is -2.23. The lowest BCUT2D eigenvalue weighted by atomic mass is 9.87. The number of hydrogen-bond acceptors (Lipinski definition) is 5. The Kier molecular flexibility index (Phi) is 4.90. The molecule has 20 heavy (non-hydrogen) atoms. The summed E-state index contributed by atoms with van der Waals surface area (Å²) in [5.41, 5.74) is -0.939. The van der Waals surface area contributed by atoms with E-state index in [9.17, 15) is 20.0 Å². The Labute approximate surface area is 116 Å². The van der Waals surface area contributed by atoms with E-state index in [2.05, 4.69) is 5.32 Å². The number of hydrogen-bond donors (Lipinski definition) is 2. The van der Waals surface area contributed by atoms with Crippen LogP contribution in [-0.2, 0) is 4.79 Å². The fourth-order valence-electron chi connectivity index (χ4n) is 1.66. The quantitative estimate of drug-likeness (QED) is 0.588. The Morgan fingerprint density at radius 1 is 1.55 bits per heavy atom. The Balaban J connectivity index is 3.04. The van der Waals surface area contributed by atoms with E-state index >= 15 is 0 Å². The SMILES string of the molecule is CCC(C)(CNc1cccc(OC)c1[N+](=O)[O-])C(=O)O. The van der Waals surface area contributed by atoms with Gasteiger partial charge in [0.1, 0.15) is 5.69 Å². The van der Waals surface area contributed by atoms with E-state index in [1.807, 2.05) is 0 Å². The third-order valence-corrected chi connectivity index (χ3v) is 3.37. The number of nitrogens with one attached hydrogen (secondary N) is 1. The number of anilines is 1. The first kappa shape index (κ1) is 15.7. The predicted molar refractivity (Wildman–Crippen MR) is 74.2 cm³/mol. The highest BCUT2D eigenvalue weighted by atomic mass is 16.6. The molecule has 7 heteroatoms. The monoisotopic (exact) mass is 282 g/mol. The summed E-state index contributed by atoms with van der Waals surface area (Å²) < 4.78 is 4.96. The number of carboxylic acids is 1. The maximum Gasteiger partial charge on any atom is 0.333 e. The van der Waals surface area contributed by atoms with Crippen molar-refractivity contribution >= 4 is 17.3 Å². The van der Waals surface area contributed by atoms with Crippen LogP contribution in [0.25, 0.3) is 0 Å². The van der Waals surface area contributed by atoms with E-state index in [0.29, 0.717) is 6.42 Å². The van der Waals surface area contributed by atoms with Gasteiger partial charge in [-0.15, -0.1) is 0 Å². The summed E-state index contributed by atoms with van der Waals surface area (Å²) in [6.07, 6.45) is 0.410. The van der Waals surface area contributed by atoms with Crippen LogP contribution >= 0.6 is 0 Å². The first-order valence-electron chi connectivity index (χ1n) is 6.14. The Morgan fingerprint density at radius 2 is 2.20 bits per heavy atom. The third-order valence-electron chi connectivity index (χ3n) is 3.37. The van der Waals surface area contributed by atoms with Gasteiger partial charge in [-0.25, -0.2) is 0 Å². The molecule has 0 fully saturated rings. The molecule has 1 atom stereocenters. The summed E-state index contributed by atoms with van der Waals surface area (Å²) >= 11 is 0. The second-order valence-corrected chi connectivity index (χ2v) is 4.69. The molecule has 0 saturated carbocycles. The van der Waals surface area contributed by atoms with Crippen LogP contribution in [-0.4, -0.2) is 29.7 Å². The van der Waals surface area contributed by atoms with Crippen molar-refractivity contribution < 1.29 is 19.6 Å². The van der Waals surface area contributed by atoms with Crippen molar-refractivity contribution in [2.24, 2.45) is 5.41 Å². The van der Waals surface area contributed by atoms with E-state index in [0.717, 1.165) is 0 Å². The highest BCUT2D eigenvalue weighted by molar-refractivity contribution is 5.76. The first-order valence-corrected chi connectivity index (χ1v) is 6.14. The highest BCUT2D eigenvalue weighted by Crippen LogP contribution is 2.35. The van der Waals surface area contributed by atoms with E-state index in [-0.39, 0.29) is 23.7 Å². The number of aliphatic carboxylic acids is 1. The fourth-order valence-corrected chi connectivity index (χ4v) is 1.66. The van der Waals surface area contributed by atoms with Crippen LogP contribution in [0.5, 0.6) is 5.75 Å². The number of nitrogens with zero attached hydrogens (tertiary/aromatic N) is 1. The smallest absolute Gasteiger partial charge is 0.333 e. The van der Waals surface area contributed by atoms with Gasteiger partial charge in [-0.05, 0) is 25.5 Å². The van der Waals surface area contributed by atoms with Gasteiger partial charge in [0, 0.05) is 6.54 Å². The van der Waals surface area contributed by atoms with Gasteiger partial charge in [-0.3, -0.25) is 14.9 Å². The zero-order valence-electron chi connectivity index (χ0n) is 11.7. The molecule has 0 amide bonds. The Hall–Kier alpha value is -2.31. The zero-order valence-corrected chi connectivity index (χ0v) is 11.7. The number of nitro groups is 1. The third kappa shape index (κ3) is 3.17. The average Bonchev–Trinajstić information content (AvgIpc) is 2.43. The largest absolute Gasteiger partial charge is 0.490 e. The van der Waals surface area contributed by atoms with Gasteiger partial charge >= 0.3 is 11.7 Å². The van der Waals surface area contributed by atoms with Gasteiger partial charge in [-0.1, -0.05) is 13.0 Å². The molecule has 0 aromatic heterocycles. The molecule has 2 N–H and O–H groups in total. The summed E-state index contributed by atoms with van der Waals surface area (Å²) in [6, 6.07) is 4.62. The van der Waals surface area contributed by atoms with Crippen molar-refractivity contribution in [1.29, 1.82) is 0 Å². The lowest BCUT2D eigenvalue weighted by Crippen LogP contribution is -2.34. The topological polar surface area (TPSA) is 102 Å². The Bertz CT molecular complexity index is 517. The number of nitro benzene ring substituents is 1. The molecule has 0 heterocycles. The van der Waals surface area contributed by atoms with Crippen molar-refractivity contribution in [3.8, 4) is 5.75 Å². The van der Waals surface area contributed by atoms with Gasteiger partial charge in [-0.2, -0.15) is 0 Å². The van der Waals surface area contributed by atoms with Gasteiger partial charge in [0.2, 0.25) is 0 Å². The summed E-state index contributed by atoms with van der Waals surface area (Å²) in [4.78, 5) is 21.8. The molecule has 7 nitrogen and oxygen atoms in total. The van der Waals surface area contributed by atoms with Crippen LogP contribution < -0.4 is 10.1 Å². The van der Waals surface area contributed by atoms with Gasteiger partial charge in [0.25, 0.3) is 0 Å². The normalized spacial score (nSPS) is 13.3. The number of para-hydroxylation sites is 1. The van der Waals surface area contributed by atoms with Crippen molar-refractivity contribution in [2.45, 2.75) is 20.3 Å². The van der Waals surface area contributed by atoms with E-state index in [1.165, 1.54) is 19.2 Å². The number of carbonyl (C=O) groups is 1. The molecule has 1 aromatic carbocycles. The van der Waals surface area contributed by atoms with Crippen LogP contribution in [0.3, 0.4) is 0 Å². The number of methoxy groups -OCH3 is 1. The van der Waals surface area contributed by atoms with Crippen molar-refractivity contribution in [2.75, 3.05) is 19.0 Å². The van der Waals surface area contributed by atoms with Crippen molar-refractivity contribution in [3.63, 3.8) is 0 Å². The van der Waals surface area contributed by atoms with Crippen LogP contribution in [0.1, 0.15) is 20.3 Å². The van der Waals surface area contributed by atoms with Crippen LogP contribution in [0.15, 0.2) is 18.2 Å². The molecule has 0 radical (unpaired) electrons. The van der Waals surface area contributed by atoms with Gasteiger partial charge in [0.15, 0.2) is 5.75 Å². The molecule has 0 saturated heterocycles. The highest BCUT2D eigenvalue weighted by Gasteiger charge is 2.32. The molecule has 1 unspecified atom stereocenters. The molecule has 1 rings (SSSR count). The van der Waals surface area contributed by atoms with Gasteiger partial charge in [0.05, 0.1) is 17.4 Å². The minimum absolute atomic E-state index is 0.0901. The first-order chi connectivity index (χ1) is 9.35. The standard InChI is InChI=1S/C13H18N2O5/c1-4-13(2,12(16)17)8-14-9-6-5-7-10(20-3)11(9)15(18)19/h5-7,14H,4,8H2,1-3H3,(H,16,17).